The Kier molecular flexibility index (Phi) is 5.80. The molecule has 3 heteroatoms. The molecule has 0 spiro atoms. The molecule has 0 bridgehead atoms. The molecule has 0 aliphatic rings. The van der Waals surface area contributed by atoms with Crippen molar-refractivity contribution < 1.29 is 9.53 Å². The van der Waals surface area contributed by atoms with Gasteiger partial charge >= 0.3 is 0 Å². The Morgan fingerprint density at radius 1 is 0.767 bits per heavy atom. The average Bonchev–Trinajstić information content (AvgIpc) is 2.78. The lowest BCUT2D eigenvalue weighted by molar-refractivity contribution is -0.127. The van der Waals surface area contributed by atoms with Crippen LogP contribution in [0.1, 0.15) is 29.7 Å². The largest absolute Gasteiger partial charge is 0.481 e. The van der Waals surface area contributed by atoms with E-state index in [2.05, 4.69) is 42.6 Å². The molecule has 0 aromatic heterocycles. The topological polar surface area (TPSA) is 38.3 Å². The smallest absolute Gasteiger partial charge is 0.261 e. The Morgan fingerprint density at radius 2 is 1.40 bits per heavy atom. The molecule has 0 saturated carbocycles. The van der Waals surface area contributed by atoms with Crippen LogP contribution in [0.15, 0.2) is 97.1 Å². The van der Waals surface area contributed by atoms with E-state index in [1.165, 1.54) is 5.56 Å². The van der Waals surface area contributed by atoms with E-state index in [1.54, 1.807) is 6.92 Å². The molecule has 0 radical (unpaired) electrons. The maximum Gasteiger partial charge on any atom is 0.261 e. The number of hydrogen-bond acceptors (Lipinski definition) is 2. The van der Waals surface area contributed by atoms with Crippen molar-refractivity contribution in [3.8, 4) is 5.75 Å². The van der Waals surface area contributed by atoms with Gasteiger partial charge in [-0.25, -0.2) is 0 Å². The maximum atomic E-state index is 13.0. The molecule has 0 fully saturated rings. The normalized spacial score (nSPS) is 12.9. The van der Waals surface area contributed by atoms with Crippen LogP contribution in [0.3, 0.4) is 0 Å². The molecule has 3 nitrogen and oxygen atoms in total. The van der Waals surface area contributed by atoms with Crippen molar-refractivity contribution in [3.05, 3.63) is 114 Å². The summed E-state index contributed by atoms with van der Waals surface area (Å²) in [5.74, 6) is 0.528. The summed E-state index contributed by atoms with van der Waals surface area (Å²) in [4.78, 5) is 13.0. The van der Waals surface area contributed by atoms with E-state index >= 15 is 0 Å². The number of aryl methyl sites for hydroxylation is 1. The van der Waals surface area contributed by atoms with Gasteiger partial charge in [-0.05, 0) is 47.9 Å². The number of rotatable bonds is 6. The molecule has 0 aliphatic carbocycles. The lowest BCUT2D eigenvalue weighted by Crippen LogP contribution is -2.39. The molecule has 4 aromatic carbocycles. The lowest BCUT2D eigenvalue weighted by atomic mass is 9.97. The SMILES string of the molecule is Cc1ccc([C@@H](NC(=O)[C@@H](C)Oc2ccc3ccccc3c2)c2ccccc2)cc1. The zero-order chi connectivity index (χ0) is 20.9. The number of benzene rings is 4. The Balaban J connectivity index is 1.53. The van der Waals surface area contributed by atoms with Crippen LogP contribution >= 0.6 is 0 Å². The van der Waals surface area contributed by atoms with E-state index in [4.69, 9.17) is 4.74 Å². The highest BCUT2D eigenvalue weighted by Crippen LogP contribution is 2.24. The summed E-state index contributed by atoms with van der Waals surface area (Å²) in [5.41, 5.74) is 3.26. The second-order valence-electron chi connectivity index (χ2n) is 7.53. The van der Waals surface area contributed by atoms with Crippen molar-refractivity contribution in [2.75, 3.05) is 0 Å². The molecule has 4 rings (SSSR count). The third kappa shape index (κ3) is 4.52. The van der Waals surface area contributed by atoms with Crippen LogP contribution < -0.4 is 10.1 Å². The van der Waals surface area contributed by atoms with E-state index in [-0.39, 0.29) is 11.9 Å². The Bertz CT molecular complexity index is 1140. The third-order valence-electron chi connectivity index (χ3n) is 5.23. The van der Waals surface area contributed by atoms with Crippen LogP contribution in [-0.2, 0) is 4.79 Å². The molecule has 0 aliphatic heterocycles. The van der Waals surface area contributed by atoms with Gasteiger partial charge in [0.05, 0.1) is 6.04 Å². The van der Waals surface area contributed by atoms with Crippen molar-refractivity contribution >= 4 is 16.7 Å². The first-order chi connectivity index (χ1) is 14.6. The Labute approximate surface area is 177 Å². The van der Waals surface area contributed by atoms with Crippen molar-refractivity contribution in [1.29, 1.82) is 0 Å². The molecule has 0 saturated heterocycles. The molecule has 4 aromatic rings. The number of amides is 1. The minimum Gasteiger partial charge on any atom is -0.481 e. The quantitative estimate of drug-likeness (QED) is 0.447. The van der Waals surface area contributed by atoms with Gasteiger partial charge in [-0.15, -0.1) is 0 Å². The lowest BCUT2D eigenvalue weighted by Gasteiger charge is -2.23. The van der Waals surface area contributed by atoms with E-state index in [1.807, 2.05) is 66.7 Å². The summed E-state index contributed by atoms with van der Waals surface area (Å²) < 4.78 is 5.96. The summed E-state index contributed by atoms with van der Waals surface area (Å²) in [6, 6.07) is 32.0. The van der Waals surface area contributed by atoms with Gasteiger partial charge in [0.25, 0.3) is 5.91 Å². The van der Waals surface area contributed by atoms with Gasteiger partial charge < -0.3 is 10.1 Å². The summed E-state index contributed by atoms with van der Waals surface area (Å²) in [6.45, 7) is 3.83. The molecule has 0 heterocycles. The van der Waals surface area contributed by atoms with Gasteiger partial charge in [-0.3, -0.25) is 4.79 Å². The van der Waals surface area contributed by atoms with Crippen molar-refractivity contribution in [3.63, 3.8) is 0 Å². The fraction of sp³-hybridized carbons (Fsp3) is 0.148. The molecule has 1 amide bonds. The first-order valence-electron chi connectivity index (χ1n) is 10.2. The van der Waals surface area contributed by atoms with E-state index in [9.17, 15) is 4.79 Å². The van der Waals surface area contributed by atoms with E-state index in [0.29, 0.717) is 5.75 Å². The second kappa shape index (κ2) is 8.83. The van der Waals surface area contributed by atoms with Crippen LogP contribution in [0, 0.1) is 6.92 Å². The minimum atomic E-state index is -0.622. The first-order valence-corrected chi connectivity index (χ1v) is 10.2. The third-order valence-corrected chi connectivity index (χ3v) is 5.23. The summed E-state index contributed by atoms with van der Waals surface area (Å²) in [6.07, 6.45) is -0.622. The predicted molar refractivity (Wildman–Crippen MR) is 122 cm³/mol. The molecule has 30 heavy (non-hydrogen) atoms. The highest BCUT2D eigenvalue weighted by molar-refractivity contribution is 5.84. The van der Waals surface area contributed by atoms with Crippen LogP contribution in [0.5, 0.6) is 5.75 Å². The van der Waals surface area contributed by atoms with Gasteiger partial charge in [-0.2, -0.15) is 0 Å². The fourth-order valence-electron chi connectivity index (χ4n) is 3.52. The van der Waals surface area contributed by atoms with Gasteiger partial charge in [0.2, 0.25) is 0 Å². The zero-order valence-electron chi connectivity index (χ0n) is 17.2. The minimum absolute atomic E-state index is 0.155. The standard InChI is InChI=1S/C27H25NO2/c1-19-12-14-23(15-13-19)26(22-9-4-3-5-10-22)28-27(29)20(2)30-25-17-16-21-8-6-7-11-24(21)18-25/h3-18,20,26H,1-2H3,(H,28,29)/t20-,26+/m1/s1. The van der Waals surface area contributed by atoms with Gasteiger partial charge in [0.15, 0.2) is 6.10 Å². The molecule has 150 valence electrons. The summed E-state index contributed by atoms with van der Waals surface area (Å²) in [7, 11) is 0. The fourth-order valence-corrected chi connectivity index (χ4v) is 3.52. The van der Waals surface area contributed by atoms with Gasteiger partial charge in [-0.1, -0.05) is 90.5 Å². The highest BCUT2D eigenvalue weighted by Gasteiger charge is 2.21. The van der Waals surface area contributed by atoms with Crippen LogP contribution in [0.25, 0.3) is 10.8 Å². The maximum absolute atomic E-state index is 13.0. The molecular formula is C27H25NO2. The molecule has 0 unspecified atom stereocenters. The van der Waals surface area contributed by atoms with Crippen molar-refractivity contribution in [2.45, 2.75) is 26.0 Å². The number of nitrogens with one attached hydrogen (secondary N) is 1. The number of ether oxygens (including phenoxy) is 1. The van der Waals surface area contributed by atoms with Crippen LogP contribution in [0.2, 0.25) is 0 Å². The number of hydrogen-bond donors (Lipinski definition) is 1. The molecular weight excluding hydrogens is 370 g/mol. The average molecular weight is 396 g/mol. The molecule has 2 atom stereocenters. The number of carbonyl (C=O) groups is 1. The van der Waals surface area contributed by atoms with E-state index in [0.717, 1.165) is 21.9 Å². The van der Waals surface area contributed by atoms with Gasteiger partial charge in [0.1, 0.15) is 5.75 Å². The molecule has 1 N–H and O–H groups in total. The number of carbonyl (C=O) groups excluding carboxylic acids is 1. The predicted octanol–water partition coefficient (Wildman–Crippen LogP) is 5.82. The summed E-state index contributed by atoms with van der Waals surface area (Å²) >= 11 is 0. The Morgan fingerprint density at radius 3 is 2.13 bits per heavy atom. The van der Waals surface area contributed by atoms with Crippen LogP contribution in [-0.4, -0.2) is 12.0 Å². The first kappa shape index (κ1) is 19.7. The summed E-state index contributed by atoms with van der Waals surface area (Å²) in [5, 5.41) is 5.39. The highest BCUT2D eigenvalue weighted by atomic mass is 16.5. The van der Waals surface area contributed by atoms with Crippen molar-refractivity contribution in [2.24, 2.45) is 0 Å². The van der Waals surface area contributed by atoms with E-state index < -0.39 is 6.10 Å². The second-order valence-corrected chi connectivity index (χ2v) is 7.53. The Hall–Kier alpha value is -3.59. The van der Waals surface area contributed by atoms with Crippen molar-refractivity contribution in [1.82, 2.24) is 5.32 Å². The van der Waals surface area contributed by atoms with Gasteiger partial charge in [0, 0.05) is 0 Å². The van der Waals surface area contributed by atoms with Crippen LogP contribution in [0.4, 0.5) is 0 Å². The monoisotopic (exact) mass is 395 g/mol. The zero-order valence-corrected chi connectivity index (χ0v) is 17.2. The number of fused-ring (bicyclic) bond motifs is 1.